The molecule has 0 saturated heterocycles. The Kier molecular flexibility index (Phi) is 3.71. The Morgan fingerprint density at radius 2 is 1.90 bits per heavy atom. The molecule has 0 saturated carbocycles. The molecule has 3 rings (SSSR count). The minimum Gasteiger partial charge on any atom is -0.315 e. The van der Waals surface area contributed by atoms with Gasteiger partial charge in [-0.1, -0.05) is 24.3 Å². The zero-order valence-electron chi connectivity index (χ0n) is 11.8. The maximum atomic E-state index is 13.0. The highest BCUT2D eigenvalue weighted by molar-refractivity contribution is 5.98. The van der Waals surface area contributed by atoms with Crippen LogP contribution in [0.15, 0.2) is 48.5 Å². The van der Waals surface area contributed by atoms with E-state index in [1.54, 1.807) is 24.1 Å². The molecule has 1 aliphatic rings. The molecule has 1 amide bonds. The fraction of sp³-hybridized carbons (Fsp3) is 0.235. The third kappa shape index (κ3) is 2.67. The minimum absolute atomic E-state index is 0.0151. The Morgan fingerprint density at radius 1 is 1.19 bits per heavy atom. The number of carbonyl (C=O) groups excluding carboxylic acids is 1. The van der Waals surface area contributed by atoms with Gasteiger partial charge in [0.2, 0.25) is 5.91 Å². The zero-order chi connectivity index (χ0) is 14.8. The van der Waals surface area contributed by atoms with Crippen molar-refractivity contribution in [3.63, 3.8) is 0 Å². The highest BCUT2D eigenvalue weighted by atomic mass is 19.1. The summed E-state index contributed by atoms with van der Waals surface area (Å²) < 4.78 is 13.0. The first kappa shape index (κ1) is 13.8. The maximum absolute atomic E-state index is 13.0. The number of nitrogens with one attached hydrogen (secondary N) is 1. The Morgan fingerprint density at radius 3 is 2.67 bits per heavy atom. The van der Waals surface area contributed by atoms with E-state index in [1.807, 2.05) is 24.3 Å². The lowest BCUT2D eigenvalue weighted by Crippen LogP contribution is -2.39. The van der Waals surface area contributed by atoms with Gasteiger partial charge in [0.05, 0.1) is 5.92 Å². The van der Waals surface area contributed by atoms with Crippen molar-refractivity contribution in [2.75, 3.05) is 18.5 Å². The van der Waals surface area contributed by atoms with E-state index in [0.717, 1.165) is 17.7 Å². The van der Waals surface area contributed by atoms with Crippen LogP contribution in [0.3, 0.4) is 0 Å². The van der Waals surface area contributed by atoms with Crippen LogP contribution >= 0.6 is 0 Å². The van der Waals surface area contributed by atoms with Crippen LogP contribution in [0.4, 0.5) is 10.1 Å². The zero-order valence-corrected chi connectivity index (χ0v) is 11.8. The van der Waals surface area contributed by atoms with Crippen LogP contribution in [-0.4, -0.2) is 19.5 Å². The molecular weight excluding hydrogens is 267 g/mol. The molecule has 21 heavy (non-hydrogen) atoms. The van der Waals surface area contributed by atoms with Crippen LogP contribution in [0.1, 0.15) is 17.0 Å². The molecule has 2 aromatic carbocycles. The normalized spacial score (nSPS) is 17.1. The van der Waals surface area contributed by atoms with Gasteiger partial charge in [0.25, 0.3) is 0 Å². The molecule has 1 N–H and O–H groups in total. The number of amides is 1. The highest BCUT2D eigenvalue weighted by Crippen LogP contribution is 2.27. The summed E-state index contributed by atoms with van der Waals surface area (Å²) >= 11 is 0. The lowest BCUT2D eigenvalue weighted by molar-refractivity contribution is -0.119. The summed E-state index contributed by atoms with van der Waals surface area (Å²) in [6.45, 7) is 1.42. The van der Waals surface area contributed by atoms with Crippen molar-refractivity contribution in [2.24, 2.45) is 0 Å². The summed E-state index contributed by atoms with van der Waals surface area (Å²) in [7, 11) is 1.73. The van der Waals surface area contributed by atoms with Gasteiger partial charge in [0.1, 0.15) is 5.82 Å². The summed E-state index contributed by atoms with van der Waals surface area (Å²) in [4.78, 5) is 14.3. The Balaban J connectivity index is 1.87. The molecule has 0 aromatic heterocycles. The van der Waals surface area contributed by atoms with Gasteiger partial charge in [-0.05, 0) is 35.4 Å². The van der Waals surface area contributed by atoms with Crippen molar-refractivity contribution in [2.45, 2.75) is 12.5 Å². The number of hydrogen-bond donors (Lipinski definition) is 1. The van der Waals surface area contributed by atoms with Gasteiger partial charge in [-0.2, -0.15) is 0 Å². The van der Waals surface area contributed by atoms with Crippen LogP contribution in [0.25, 0.3) is 0 Å². The number of likely N-dealkylation sites (N-methyl/N-ethyl adjacent to an activating group) is 1. The van der Waals surface area contributed by atoms with Gasteiger partial charge in [0, 0.05) is 25.8 Å². The minimum atomic E-state index is -0.302. The van der Waals surface area contributed by atoms with Crippen molar-refractivity contribution in [3.8, 4) is 0 Å². The van der Waals surface area contributed by atoms with Crippen molar-refractivity contribution >= 4 is 11.6 Å². The van der Waals surface area contributed by atoms with Crippen molar-refractivity contribution in [3.05, 3.63) is 65.5 Å². The molecule has 0 fully saturated rings. The van der Waals surface area contributed by atoms with Gasteiger partial charge in [-0.3, -0.25) is 4.79 Å². The lowest BCUT2D eigenvalue weighted by atomic mass is 9.90. The first-order valence-corrected chi connectivity index (χ1v) is 6.98. The maximum Gasteiger partial charge on any atom is 0.235 e. The summed E-state index contributed by atoms with van der Waals surface area (Å²) in [5, 5.41) is 3.28. The number of benzene rings is 2. The van der Waals surface area contributed by atoms with Crippen molar-refractivity contribution < 1.29 is 9.18 Å². The van der Waals surface area contributed by atoms with E-state index in [1.165, 1.54) is 12.1 Å². The van der Waals surface area contributed by atoms with Crippen LogP contribution in [0.2, 0.25) is 0 Å². The summed E-state index contributed by atoms with van der Waals surface area (Å²) in [5.41, 5.74) is 2.94. The Hall–Kier alpha value is -2.20. The summed E-state index contributed by atoms with van der Waals surface area (Å²) in [6.07, 6.45) is 0. The molecule has 1 heterocycles. The monoisotopic (exact) mass is 284 g/mol. The number of hydrogen-bond acceptors (Lipinski definition) is 2. The van der Waals surface area contributed by atoms with E-state index in [4.69, 9.17) is 0 Å². The van der Waals surface area contributed by atoms with Gasteiger partial charge in [0.15, 0.2) is 0 Å². The smallest absolute Gasteiger partial charge is 0.235 e. The van der Waals surface area contributed by atoms with E-state index in [9.17, 15) is 9.18 Å². The molecular formula is C17H17FN2O. The molecule has 1 unspecified atom stereocenters. The van der Waals surface area contributed by atoms with E-state index < -0.39 is 0 Å². The second kappa shape index (κ2) is 5.66. The molecule has 108 valence electrons. The quantitative estimate of drug-likeness (QED) is 0.919. The molecule has 3 nitrogen and oxygen atoms in total. The fourth-order valence-corrected chi connectivity index (χ4v) is 2.74. The lowest BCUT2D eigenvalue weighted by Gasteiger charge is -2.29. The van der Waals surface area contributed by atoms with Crippen LogP contribution in [0, 0.1) is 5.82 Å². The molecule has 0 bridgehead atoms. The first-order chi connectivity index (χ1) is 10.2. The topological polar surface area (TPSA) is 32.3 Å². The second-order valence-corrected chi connectivity index (χ2v) is 5.26. The number of fused-ring (bicyclic) bond motifs is 1. The SMILES string of the molecule is CN(C(=O)C1CNCc2ccccc21)c1ccc(F)cc1. The average molecular weight is 284 g/mol. The average Bonchev–Trinajstić information content (AvgIpc) is 2.53. The van der Waals surface area contributed by atoms with E-state index in [-0.39, 0.29) is 17.6 Å². The third-order valence-corrected chi connectivity index (χ3v) is 3.94. The molecule has 0 radical (unpaired) electrons. The largest absolute Gasteiger partial charge is 0.315 e. The molecule has 0 spiro atoms. The molecule has 2 aromatic rings. The van der Waals surface area contributed by atoms with Crippen LogP contribution in [0.5, 0.6) is 0 Å². The van der Waals surface area contributed by atoms with E-state index in [2.05, 4.69) is 5.32 Å². The molecule has 1 atom stereocenters. The summed E-state index contributed by atoms with van der Waals surface area (Å²) in [5.74, 6) is -0.490. The van der Waals surface area contributed by atoms with Crippen LogP contribution in [-0.2, 0) is 11.3 Å². The Labute approximate surface area is 123 Å². The Bertz CT molecular complexity index is 654. The van der Waals surface area contributed by atoms with Crippen molar-refractivity contribution in [1.29, 1.82) is 0 Å². The second-order valence-electron chi connectivity index (χ2n) is 5.26. The number of rotatable bonds is 2. The van der Waals surface area contributed by atoms with E-state index >= 15 is 0 Å². The molecule has 0 aliphatic carbocycles. The standard InChI is InChI=1S/C17H17FN2O/c1-20(14-8-6-13(18)7-9-14)17(21)16-11-19-10-12-4-2-3-5-15(12)16/h2-9,16,19H,10-11H2,1H3. The number of nitrogens with zero attached hydrogens (tertiary/aromatic N) is 1. The van der Waals surface area contributed by atoms with Gasteiger partial charge >= 0.3 is 0 Å². The van der Waals surface area contributed by atoms with Gasteiger partial charge in [-0.25, -0.2) is 4.39 Å². The van der Waals surface area contributed by atoms with Gasteiger partial charge in [-0.15, -0.1) is 0 Å². The van der Waals surface area contributed by atoms with Gasteiger partial charge < -0.3 is 10.2 Å². The third-order valence-electron chi connectivity index (χ3n) is 3.94. The molecule has 4 heteroatoms. The highest BCUT2D eigenvalue weighted by Gasteiger charge is 2.28. The first-order valence-electron chi connectivity index (χ1n) is 6.98. The van der Waals surface area contributed by atoms with Crippen LogP contribution < -0.4 is 10.2 Å². The number of carbonyl (C=O) groups is 1. The van der Waals surface area contributed by atoms with E-state index in [0.29, 0.717) is 12.2 Å². The predicted molar refractivity (Wildman–Crippen MR) is 80.7 cm³/mol. The predicted octanol–water partition coefficient (Wildman–Crippen LogP) is 2.68. The molecule has 1 aliphatic heterocycles. The van der Waals surface area contributed by atoms with Crippen molar-refractivity contribution in [1.82, 2.24) is 5.32 Å². The fourth-order valence-electron chi connectivity index (χ4n) is 2.74. The number of halogens is 1. The summed E-state index contributed by atoms with van der Waals surface area (Å²) in [6, 6.07) is 14.0. The number of anilines is 1.